The van der Waals surface area contributed by atoms with E-state index in [2.05, 4.69) is 35.6 Å². The van der Waals surface area contributed by atoms with Gasteiger partial charge in [-0.05, 0) is 29.2 Å². The summed E-state index contributed by atoms with van der Waals surface area (Å²) in [4.78, 5) is 0. The van der Waals surface area contributed by atoms with Crippen LogP contribution in [0.15, 0.2) is 48.5 Å². The predicted molar refractivity (Wildman–Crippen MR) is 71.4 cm³/mol. The molecule has 1 N–H and O–H groups in total. The van der Waals surface area contributed by atoms with E-state index in [4.69, 9.17) is 11.6 Å². The van der Waals surface area contributed by atoms with Crippen molar-refractivity contribution in [3.8, 4) is 0 Å². The Hall–Kier alpha value is -1.31. The van der Waals surface area contributed by atoms with E-state index in [0.717, 1.165) is 18.0 Å². The van der Waals surface area contributed by atoms with E-state index in [-0.39, 0.29) is 6.04 Å². The van der Waals surface area contributed by atoms with Crippen LogP contribution in [0, 0.1) is 0 Å². The van der Waals surface area contributed by atoms with Gasteiger partial charge in [-0.25, -0.2) is 0 Å². The first kappa shape index (κ1) is 10.8. The van der Waals surface area contributed by atoms with Crippen molar-refractivity contribution >= 4 is 11.6 Å². The topological polar surface area (TPSA) is 12.0 Å². The van der Waals surface area contributed by atoms with Crippen LogP contribution in [0.4, 0.5) is 0 Å². The fourth-order valence-corrected chi connectivity index (χ4v) is 2.74. The first-order chi connectivity index (χ1) is 8.36. The van der Waals surface area contributed by atoms with Crippen molar-refractivity contribution in [1.29, 1.82) is 0 Å². The summed E-state index contributed by atoms with van der Waals surface area (Å²) >= 11 is 6.28. The first-order valence-corrected chi connectivity index (χ1v) is 6.29. The lowest BCUT2D eigenvalue weighted by Gasteiger charge is -2.27. The van der Waals surface area contributed by atoms with Crippen LogP contribution < -0.4 is 5.32 Å². The van der Waals surface area contributed by atoms with Gasteiger partial charge in [0.2, 0.25) is 0 Å². The number of benzene rings is 2. The summed E-state index contributed by atoms with van der Waals surface area (Å²) in [6.07, 6.45) is 1.09. The molecule has 0 fully saturated rings. The van der Waals surface area contributed by atoms with Gasteiger partial charge >= 0.3 is 0 Å². The smallest absolute Gasteiger partial charge is 0.0594 e. The number of nitrogens with one attached hydrogen (secondary N) is 1. The SMILES string of the molecule is Clc1ccccc1C1NCCc2ccccc21. The Morgan fingerprint density at radius 1 is 0.941 bits per heavy atom. The lowest BCUT2D eigenvalue weighted by atomic mass is 9.90. The summed E-state index contributed by atoms with van der Waals surface area (Å²) in [6, 6.07) is 16.9. The zero-order valence-electron chi connectivity index (χ0n) is 9.49. The fraction of sp³-hybridized carbons (Fsp3) is 0.200. The molecule has 1 heterocycles. The maximum atomic E-state index is 6.28. The van der Waals surface area contributed by atoms with Crippen LogP contribution in [-0.4, -0.2) is 6.54 Å². The van der Waals surface area contributed by atoms with Crippen molar-refractivity contribution in [3.63, 3.8) is 0 Å². The van der Waals surface area contributed by atoms with Gasteiger partial charge in [0, 0.05) is 11.6 Å². The monoisotopic (exact) mass is 243 g/mol. The molecule has 1 aliphatic heterocycles. The predicted octanol–water partition coefficient (Wildman–Crippen LogP) is 3.58. The molecule has 2 aromatic carbocycles. The van der Waals surface area contributed by atoms with Crippen molar-refractivity contribution in [3.05, 3.63) is 70.2 Å². The Bertz CT molecular complexity index is 536. The lowest BCUT2D eigenvalue weighted by molar-refractivity contribution is 0.568. The molecule has 0 saturated heterocycles. The van der Waals surface area contributed by atoms with Crippen molar-refractivity contribution < 1.29 is 0 Å². The highest BCUT2D eigenvalue weighted by molar-refractivity contribution is 6.31. The molecule has 0 radical (unpaired) electrons. The summed E-state index contributed by atoms with van der Waals surface area (Å²) in [5.41, 5.74) is 3.95. The van der Waals surface area contributed by atoms with Crippen LogP contribution in [0.5, 0.6) is 0 Å². The molecule has 1 atom stereocenters. The van der Waals surface area contributed by atoms with Crippen molar-refractivity contribution in [2.24, 2.45) is 0 Å². The van der Waals surface area contributed by atoms with Gasteiger partial charge in [0.05, 0.1) is 6.04 Å². The zero-order chi connectivity index (χ0) is 11.7. The van der Waals surface area contributed by atoms with Crippen LogP contribution in [-0.2, 0) is 6.42 Å². The Morgan fingerprint density at radius 2 is 1.65 bits per heavy atom. The Kier molecular flexibility index (Phi) is 2.87. The fourth-order valence-electron chi connectivity index (χ4n) is 2.49. The molecule has 2 heteroatoms. The van der Waals surface area contributed by atoms with E-state index in [9.17, 15) is 0 Å². The first-order valence-electron chi connectivity index (χ1n) is 5.92. The van der Waals surface area contributed by atoms with E-state index in [1.54, 1.807) is 0 Å². The van der Waals surface area contributed by atoms with E-state index < -0.39 is 0 Å². The van der Waals surface area contributed by atoms with E-state index >= 15 is 0 Å². The van der Waals surface area contributed by atoms with Gasteiger partial charge in [-0.15, -0.1) is 0 Å². The number of hydrogen-bond acceptors (Lipinski definition) is 1. The van der Waals surface area contributed by atoms with Gasteiger partial charge < -0.3 is 5.32 Å². The third kappa shape index (κ3) is 1.97. The van der Waals surface area contributed by atoms with Crippen LogP contribution in [0.2, 0.25) is 5.02 Å². The van der Waals surface area contributed by atoms with Crippen LogP contribution >= 0.6 is 11.6 Å². The molecular weight excluding hydrogens is 230 g/mol. The summed E-state index contributed by atoms with van der Waals surface area (Å²) in [5, 5.41) is 4.38. The van der Waals surface area contributed by atoms with Crippen molar-refractivity contribution in [1.82, 2.24) is 5.32 Å². The molecule has 17 heavy (non-hydrogen) atoms. The Balaban J connectivity index is 2.09. The second-order valence-corrected chi connectivity index (χ2v) is 4.76. The van der Waals surface area contributed by atoms with E-state index in [0.29, 0.717) is 0 Å². The maximum Gasteiger partial charge on any atom is 0.0594 e. The zero-order valence-corrected chi connectivity index (χ0v) is 10.2. The van der Waals surface area contributed by atoms with Gasteiger partial charge in [0.25, 0.3) is 0 Å². The number of hydrogen-bond donors (Lipinski definition) is 1. The number of rotatable bonds is 1. The molecule has 0 saturated carbocycles. The molecular formula is C15H14ClN. The van der Waals surface area contributed by atoms with Crippen molar-refractivity contribution in [2.45, 2.75) is 12.5 Å². The summed E-state index contributed by atoms with van der Waals surface area (Å²) < 4.78 is 0. The highest BCUT2D eigenvalue weighted by Gasteiger charge is 2.21. The van der Waals surface area contributed by atoms with Gasteiger partial charge in [-0.2, -0.15) is 0 Å². The minimum atomic E-state index is 0.230. The molecule has 3 rings (SSSR count). The quantitative estimate of drug-likeness (QED) is 0.808. The average Bonchev–Trinajstić information content (AvgIpc) is 2.39. The Morgan fingerprint density at radius 3 is 2.47 bits per heavy atom. The molecule has 2 aromatic rings. The lowest BCUT2D eigenvalue weighted by Crippen LogP contribution is -2.30. The van der Waals surface area contributed by atoms with Gasteiger partial charge in [0.1, 0.15) is 0 Å². The maximum absolute atomic E-state index is 6.28. The van der Waals surface area contributed by atoms with Crippen LogP contribution in [0.3, 0.4) is 0 Å². The highest BCUT2D eigenvalue weighted by Crippen LogP contribution is 2.32. The average molecular weight is 244 g/mol. The number of fused-ring (bicyclic) bond motifs is 1. The Labute approximate surface area is 106 Å². The van der Waals surface area contributed by atoms with E-state index in [1.807, 2.05) is 18.2 Å². The minimum absolute atomic E-state index is 0.230. The molecule has 1 nitrogen and oxygen atoms in total. The number of halogens is 1. The highest BCUT2D eigenvalue weighted by atomic mass is 35.5. The van der Waals surface area contributed by atoms with Gasteiger partial charge in [0.15, 0.2) is 0 Å². The molecule has 0 aliphatic carbocycles. The third-order valence-electron chi connectivity index (χ3n) is 3.33. The standard InChI is InChI=1S/C15H14ClN/c16-14-8-4-3-7-13(14)15-12-6-2-1-5-11(12)9-10-17-15/h1-8,15,17H,9-10H2. The molecule has 86 valence electrons. The molecule has 0 spiro atoms. The molecule has 1 aliphatic rings. The second kappa shape index (κ2) is 4.52. The normalized spacial score (nSPS) is 18.8. The minimum Gasteiger partial charge on any atom is -0.306 e. The summed E-state index contributed by atoms with van der Waals surface area (Å²) in [5.74, 6) is 0. The largest absolute Gasteiger partial charge is 0.306 e. The van der Waals surface area contributed by atoms with E-state index in [1.165, 1.54) is 16.7 Å². The van der Waals surface area contributed by atoms with Gasteiger partial charge in [-0.3, -0.25) is 0 Å². The molecule has 1 unspecified atom stereocenters. The van der Waals surface area contributed by atoms with Crippen LogP contribution in [0.1, 0.15) is 22.7 Å². The second-order valence-electron chi connectivity index (χ2n) is 4.36. The summed E-state index contributed by atoms with van der Waals surface area (Å²) in [6.45, 7) is 1.01. The third-order valence-corrected chi connectivity index (χ3v) is 3.67. The summed E-state index contributed by atoms with van der Waals surface area (Å²) in [7, 11) is 0. The van der Waals surface area contributed by atoms with Gasteiger partial charge in [-0.1, -0.05) is 54.1 Å². The van der Waals surface area contributed by atoms with Crippen LogP contribution in [0.25, 0.3) is 0 Å². The molecule has 0 aromatic heterocycles. The molecule has 0 bridgehead atoms. The molecule has 0 amide bonds. The van der Waals surface area contributed by atoms with Crippen molar-refractivity contribution in [2.75, 3.05) is 6.54 Å².